The van der Waals surface area contributed by atoms with E-state index in [0.29, 0.717) is 19.7 Å². The maximum atomic E-state index is 14.0. The fourth-order valence-electron chi connectivity index (χ4n) is 3.92. The molecule has 0 spiro atoms. The first-order valence-corrected chi connectivity index (χ1v) is 10.5. The number of aromatic nitrogens is 2. The Morgan fingerprint density at radius 3 is 2.72 bits per heavy atom. The van der Waals surface area contributed by atoms with Crippen LogP contribution in [0.2, 0.25) is 0 Å². The third-order valence-corrected chi connectivity index (χ3v) is 6.11. The molecular weight excluding hydrogens is 395 g/mol. The van der Waals surface area contributed by atoms with E-state index in [1.807, 2.05) is 5.38 Å². The topological polar surface area (TPSA) is 59.3 Å². The molecule has 2 aliphatic heterocycles. The molecule has 0 atom stereocenters. The van der Waals surface area contributed by atoms with Crippen molar-refractivity contribution in [1.29, 1.82) is 0 Å². The normalized spacial score (nSPS) is 18.0. The van der Waals surface area contributed by atoms with Crippen molar-refractivity contribution in [2.24, 2.45) is 0 Å². The summed E-state index contributed by atoms with van der Waals surface area (Å²) in [7, 11) is 0. The molecule has 5 rings (SSSR count). The SMILES string of the molecule is O=c1cc(CN2CCN(Cc3cc(F)cc4c3OCOC4)CC2)nc2sccn12. The van der Waals surface area contributed by atoms with Gasteiger partial charge in [0.05, 0.1) is 12.3 Å². The molecule has 0 aliphatic carbocycles. The zero-order chi connectivity index (χ0) is 19.8. The van der Waals surface area contributed by atoms with E-state index in [4.69, 9.17) is 9.47 Å². The number of piperazine rings is 1. The third kappa shape index (κ3) is 3.91. The smallest absolute Gasteiger partial charge is 0.258 e. The predicted molar refractivity (Wildman–Crippen MR) is 107 cm³/mol. The van der Waals surface area contributed by atoms with Crippen LogP contribution in [0.5, 0.6) is 5.75 Å². The fourth-order valence-corrected chi connectivity index (χ4v) is 4.66. The molecule has 152 valence electrons. The van der Waals surface area contributed by atoms with Gasteiger partial charge in [-0.2, -0.15) is 0 Å². The van der Waals surface area contributed by atoms with Crippen LogP contribution in [0, 0.1) is 5.82 Å². The largest absolute Gasteiger partial charge is 0.467 e. The van der Waals surface area contributed by atoms with E-state index >= 15 is 0 Å². The highest BCUT2D eigenvalue weighted by Gasteiger charge is 2.22. The summed E-state index contributed by atoms with van der Waals surface area (Å²) < 4.78 is 26.4. The van der Waals surface area contributed by atoms with Crippen molar-refractivity contribution >= 4 is 16.3 Å². The summed E-state index contributed by atoms with van der Waals surface area (Å²) >= 11 is 1.47. The summed E-state index contributed by atoms with van der Waals surface area (Å²) in [6.45, 7) is 5.36. The number of ether oxygens (including phenoxy) is 2. The van der Waals surface area contributed by atoms with Gasteiger partial charge in [-0.1, -0.05) is 0 Å². The molecule has 0 radical (unpaired) electrons. The van der Waals surface area contributed by atoms with Gasteiger partial charge in [0.2, 0.25) is 0 Å². The monoisotopic (exact) mass is 416 g/mol. The van der Waals surface area contributed by atoms with Crippen LogP contribution in [0.1, 0.15) is 16.8 Å². The molecule has 0 N–H and O–H groups in total. The summed E-state index contributed by atoms with van der Waals surface area (Å²) in [6.07, 6.45) is 1.75. The first kappa shape index (κ1) is 18.7. The van der Waals surface area contributed by atoms with Crippen molar-refractivity contribution < 1.29 is 13.9 Å². The van der Waals surface area contributed by atoms with E-state index in [1.165, 1.54) is 17.4 Å². The first-order valence-electron chi connectivity index (χ1n) is 9.58. The molecular formula is C20H21FN4O3S. The third-order valence-electron chi connectivity index (χ3n) is 5.35. The zero-order valence-corrected chi connectivity index (χ0v) is 16.7. The Morgan fingerprint density at radius 2 is 1.90 bits per heavy atom. The second kappa shape index (κ2) is 7.83. The summed E-state index contributed by atoms with van der Waals surface area (Å²) in [5.41, 5.74) is 2.41. The van der Waals surface area contributed by atoms with E-state index in [1.54, 1.807) is 22.7 Å². The minimum absolute atomic E-state index is 0.0373. The second-order valence-corrected chi connectivity index (χ2v) is 8.23. The van der Waals surface area contributed by atoms with Crippen molar-refractivity contribution in [1.82, 2.24) is 19.2 Å². The Labute approximate surface area is 170 Å². The molecule has 2 aromatic heterocycles. The first-order chi connectivity index (χ1) is 14.2. The predicted octanol–water partition coefficient (Wildman–Crippen LogP) is 2.08. The Kier molecular flexibility index (Phi) is 5.04. The molecule has 7 nitrogen and oxygen atoms in total. The summed E-state index contributed by atoms with van der Waals surface area (Å²) in [5, 5.41) is 1.87. The van der Waals surface area contributed by atoms with Crippen LogP contribution < -0.4 is 10.3 Å². The number of rotatable bonds is 4. The molecule has 1 fully saturated rings. The number of nitrogens with zero attached hydrogens (tertiary/aromatic N) is 4. The molecule has 0 amide bonds. The molecule has 29 heavy (non-hydrogen) atoms. The van der Waals surface area contributed by atoms with Crippen molar-refractivity contribution in [2.45, 2.75) is 19.7 Å². The van der Waals surface area contributed by atoms with Gasteiger partial charge in [-0.05, 0) is 12.1 Å². The minimum atomic E-state index is -0.257. The Bertz CT molecular complexity index is 1090. The molecule has 0 saturated carbocycles. The van der Waals surface area contributed by atoms with Gasteiger partial charge in [0.1, 0.15) is 11.6 Å². The summed E-state index contributed by atoms with van der Waals surface area (Å²) in [5.74, 6) is 0.502. The van der Waals surface area contributed by atoms with Gasteiger partial charge in [0, 0.05) is 68.0 Å². The van der Waals surface area contributed by atoms with E-state index < -0.39 is 0 Å². The van der Waals surface area contributed by atoms with Crippen molar-refractivity contribution in [3.63, 3.8) is 0 Å². The maximum Gasteiger partial charge on any atom is 0.258 e. The van der Waals surface area contributed by atoms with Crippen LogP contribution in [0.3, 0.4) is 0 Å². The molecule has 4 heterocycles. The quantitative estimate of drug-likeness (QED) is 0.649. The van der Waals surface area contributed by atoms with Gasteiger partial charge in [0.25, 0.3) is 5.56 Å². The highest BCUT2D eigenvalue weighted by atomic mass is 32.1. The molecule has 2 aliphatic rings. The summed E-state index contributed by atoms with van der Waals surface area (Å²) in [6, 6.07) is 4.66. The standard InChI is InChI=1S/C20H21FN4O3S/c21-16-7-14(19-15(8-16)12-27-13-28-19)10-23-1-3-24(4-2-23)11-17-9-18(26)25-5-6-29-20(25)22-17/h5-9H,1-4,10-13H2. The van der Waals surface area contributed by atoms with Crippen molar-refractivity contribution in [2.75, 3.05) is 33.0 Å². The average molecular weight is 416 g/mol. The van der Waals surface area contributed by atoms with E-state index in [2.05, 4.69) is 14.8 Å². The van der Waals surface area contributed by atoms with Gasteiger partial charge in [0.15, 0.2) is 11.8 Å². The summed E-state index contributed by atoms with van der Waals surface area (Å²) in [4.78, 5) is 22.1. The van der Waals surface area contributed by atoms with E-state index in [9.17, 15) is 9.18 Å². The Hall–Kier alpha value is -2.33. The maximum absolute atomic E-state index is 14.0. The van der Waals surface area contributed by atoms with E-state index in [-0.39, 0.29) is 18.2 Å². The highest BCUT2D eigenvalue weighted by molar-refractivity contribution is 7.15. The van der Waals surface area contributed by atoms with Crippen LogP contribution >= 0.6 is 11.3 Å². The molecule has 9 heteroatoms. The number of fused-ring (bicyclic) bond motifs is 2. The number of halogens is 1. The lowest BCUT2D eigenvalue weighted by Gasteiger charge is -2.35. The Balaban J connectivity index is 1.23. The number of hydrogen-bond acceptors (Lipinski definition) is 7. The second-order valence-electron chi connectivity index (χ2n) is 7.36. The highest BCUT2D eigenvalue weighted by Crippen LogP contribution is 2.30. The number of thiazole rings is 1. The van der Waals surface area contributed by atoms with Gasteiger partial charge >= 0.3 is 0 Å². The number of benzene rings is 1. The van der Waals surface area contributed by atoms with Crippen LogP contribution in [0.25, 0.3) is 4.96 Å². The van der Waals surface area contributed by atoms with Crippen LogP contribution in [-0.2, 0) is 24.4 Å². The van der Waals surface area contributed by atoms with Gasteiger partial charge in [-0.15, -0.1) is 11.3 Å². The molecule has 1 saturated heterocycles. The lowest BCUT2D eigenvalue weighted by atomic mass is 10.1. The number of hydrogen-bond donors (Lipinski definition) is 0. The molecule has 0 unspecified atom stereocenters. The minimum Gasteiger partial charge on any atom is -0.467 e. The van der Waals surface area contributed by atoms with Gasteiger partial charge in [-0.25, -0.2) is 9.37 Å². The van der Waals surface area contributed by atoms with Crippen LogP contribution in [-0.4, -0.2) is 52.2 Å². The van der Waals surface area contributed by atoms with Crippen molar-refractivity contribution in [3.8, 4) is 5.75 Å². The van der Waals surface area contributed by atoms with Gasteiger partial charge in [-0.3, -0.25) is 19.0 Å². The van der Waals surface area contributed by atoms with Gasteiger partial charge < -0.3 is 9.47 Å². The molecule has 3 aromatic rings. The zero-order valence-electron chi connectivity index (χ0n) is 15.8. The van der Waals surface area contributed by atoms with Crippen LogP contribution in [0.15, 0.2) is 34.6 Å². The van der Waals surface area contributed by atoms with Crippen molar-refractivity contribution in [3.05, 3.63) is 62.8 Å². The molecule has 1 aromatic carbocycles. The lowest BCUT2D eigenvalue weighted by Crippen LogP contribution is -2.45. The van der Waals surface area contributed by atoms with E-state index in [0.717, 1.165) is 53.7 Å². The average Bonchev–Trinajstić information content (AvgIpc) is 3.19. The lowest BCUT2D eigenvalue weighted by molar-refractivity contribution is -0.0179. The fraction of sp³-hybridized carbons (Fsp3) is 0.400. The molecule has 0 bridgehead atoms. The Morgan fingerprint density at radius 1 is 1.10 bits per heavy atom. The van der Waals surface area contributed by atoms with Crippen LogP contribution in [0.4, 0.5) is 4.39 Å².